The van der Waals surface area contributed by atoms with Gasteiger partial charge in [0.25, 0.3) is 0 Å². The van der Waals surface area contributed by atoms with Crippen molar-refractivity contribution >= 4 is 62.5 Å². The van der Waals surface area contributed by atoms with Crippen LogP contribution in [0.5, 0.6) is 34.5 Å². The Hall–Kier alpha value is -6.61. The number of ether oxygens (including phenoxy) is 6. The topological polar surface area (TPSA) is 113 Å². The minimum absolute atomic E-state index is 0.392. The fraction of sp³-hybridized carbons (Fsp3) is 0.684. The summed E-state index contributed by atoms with van der Waals surface area (Å²) < 4.78 is 43.6. The Morgan fingerprint density at radius 2 is 0.476 bits per heavy atom. The van der Waals surface area contributed by atoms with E-state index in [1.54, 1.807) is 0 Å². The molecule has 0 amide bonds. The molecule has 0 spiro atoms. The summed E-state index contributed by atoms with van der Waals surface area (Å²) in [5.41, 5.74) is 22.9. The van der Waals surface area contributed by atoms with Gasteiger partial charge in [0, 0.05) is 22.2 Å². The number of nitrogens with one attached hydrogen (secondary N) is 2. The first-order chi connectivity index (χ1) is 59.8. The summed E-state index contributed by atoms with van der Waals surface area (Å²) in [6, 6.07) is 17.9. The van der Waals surface area contributed by atoms with E-state index in [0.29, 0.717) is 178 Å². The van der Waals surface area contributed by atoms with E-state index >= 15 is 0 Å². The van der Waals surface area contributed by atoms with Crippen molar-refractivity contribution in [3.05, 3.63) is 82.4 Å². The molecule has 8 bridgehead atoms. The van der Waals surface area contributed by atoms with E-state index in [9.17, 15) is 0 Å². The van der Waals surface area contributed by atoms with Crippen LogP contribution in [-0.4, -0.2) is 75.7 Å². The zero-order valence-electron chi connectivity index (χ0n) is 85.9. The van der Waals surface area contributed by atoms with Crippen LogP contribution in [0.15, 0.2) is 48.5 Å². The van der Waals surface area contributed by atoms with Crippen LogP contribution in [-0.2, 0) is 0 Å². The molecule has 0 aliphatic carbocycles. The van der Waals surface area contributed by atoms with Crippen molar-refractivity contribution in [2.45, 2.75) is 395 Å². The highest BCUT2D eigenvalue weighted by Crippen LogP contribution is 2.49. The van der Waals surface area contributed by atoms with Gasteiger partial charge < -0.3 is 38.4 Å². The third-order valence-corrected chi connectivity index (χ3v) is 40.6. The summed E-state index contributed by atoms with van der Waals surface area (Å²) in [6.07, 6.45) is 36.0. The van der Waals surface area contributed by atoms with Gasteiger partial charge in [-0.3, -0.25) is 0 Å². The first-order valence-electron chi connectivity index (χ1n) is 51.2. The molecule has 6 unspecified atom stereocenters. The van der Waals surface area contributed by atoms with Crippen molar-refractivity contribution in [2.24, 2.45) is 71.0 Å². The fourth-order valence-electron chi connectivity index (χ4n) is 19.8. The minimum atomic E-state index is -2.37. The molecule has 0 saturated carbocycles. The van der Waals surface area contributed by atoms with Gasteiger partial charge in [-0.15, -0.1) is 11.1 Å². The van der Waals surface area contributed by atoms with Crippen molar-refractivity contribution < 1.29 is 28.4 Å². The number of hydrogen-bond acceptors (Lipinski definition) is 8. The number of aromatic nitrogens is 4. The monoisotopic (exact) mass is 1760 g/mol. The molecule has 702 valence electrons. The average Bonchev–Trinajstić information content (AvgIpc) is 1.59. The van der Waals surface area contributed by atoms with Gasteiger partial charge in [-0.05, 0) is 227 Å². The second-order valence-electron chi connectivity index (χ2n) is 43.8. The predicted molar refractivity (Wildman–Crippen MR) is 553 cm³/mol. The van der Waals surface area contributed by atoms with E-state index in [4.69, 9.17) is 38.4 Å². The lowest BCUT2D eigenvalue weighted by Crippen LogP contribution is -2.43. The maximum atomic E-state index is 7.30. The van der Waals surface area contributed by atoms with E-state index in [-0.39, 0.29) is 0 Å². The van der Waals surface area contributed by atoms with Gasteiger partial charge in [-0.2, -0.15) is 0 Å². The van der Waals surface area contributed by atoms with Gasteiger partial charge in [0.05, 0.1) is 84.6 Å². The molecule has 5 aromatic rings. The minimum Gasteiger partial charge on any atom is -0.490 e. The van der Waals surface area contributed by atoms with Crippen LogP contribution in [0.1, 0.15) is 396 Å². The summed E-state index contributed by atoms with van der Waals surface area (Å²) in [4.78, 5) is 20.2. The van der Waals surface area contributed by atoms with E-state index < -0.39 is 16.1 Å². The first-order valence-corrected chi connectivity index (χ1v) is 55.7. The molecule has 0 fully saturated rings. The summed E-state index contributed by atoms with van der Waals surface area (Å²) >= 11 is 0. The number of aromatic amines is 2. The van der Waals surface area contributed by atoms with Gasteiger partial charge >= 0.3 is 0 Å². The molecular formula is C114H182N4O6Si2. The Bertz CT molecular complexity index is 4040. The SMILES string of the molecule is CC(C)CCCC(C)CCOc1cc(-c2c3nc(c(C#C[Si](C(C)C)(C(C)C)C(C)C)c4ccc([nH]4)c(-c4cc(OCCC(C)CCCC(C)C)c(OCCC(C)CCCC(C)C)c(OCCC(C)CCCC(C)C)c4)c4nc(c(C#C[Si](C(C)C)(C(C)C)C(C)C)c5ccc2[nH]5)C=C4)C=C3)cc(OCCC(C)CCCC(C)C)c1OCCC(C)CCCC(C)C. The quantitative estimate of drug-likeness (QED) is 0.0286. The molecule has 2 N–H and O–H groups in total. The van der Waals surface area contributed by atoms with Crippen molar-refractivity contribution in [2.75, 3.05) is 39.6 Å². The van der Waals surface area contributed by atoms with Crippen LogP contribution < -0.4 is 28.4 Å². The first kappa shape index (κ1) is 106. The highest BCUT2D eigenvalue weighted by molar-refractivity contribution is 6.91. The average molecular weight is 1760 g/mol. The van der Waals surface area contributed by atoms with Gasteiger partial charge in [0.1, 0.15) is 16.1 Å². The maximum Gasteiger partial charge on any atom is 0.203 e. The molecule has 2 aliphatic heterocycles. The number of H-pyrrole nitrogens is 2. The standard InChI is InChI=1S/C114H182N4O6Si2/c1-77(2)37-31-43-89(25)57-65-119-107-73-95(74-108(120-66-58-90(26)44-32-38-78(3)4)113(107)123-69-61-93(29)47-35-41-81(9)10)111-103-53-49-99(115-103)97(63-71-125(83(13)14,84(15)16)85(17)18)101-51-55-105(117-101)112(106-56-52-102(118-106)98(100-50-54-104(111)116-100)64-72-126(86(19)20,87(21)22)88(23)24)96-75-109(121-67-59-91(27)45-33-39-79(5)6)114(124-70-62-94(30)48-36-42-82(11)12)110(76-96)122-68-60-92(28)46-34-40-80(7)8/h49-56,73-94,115,118H,31-48,57-62,65-70H2,1-30H3. The number of benzene rings is 2. The Morgan fingerprint density at radius 1 is 0.262 bits per heavy atom. The predicted octanol–water partition coefficient (Wildman–Crippen LogP) is 34.5. The second-order valence-corrected chi connectivity index (χ2v) is 55.0. The van der Waals surface area contributed by atoms with Crippen LogP contribution in [0, 0.1) is 93.9 Å². The van der Waals surface area contributed by atoms with Crippen LogP contribution in [0.3, 0.4) is 0 Å². The fourth-order valence-corrected chi connectivity index (χ4v) is 30.2. The molecule has 2 aliphatic rings. The van der Waals surface area contributed by atoms with Gasteiger partial charge in [0.15, 0.2) is 23.0 Å². The zero-order valence-corrected chi connectivity index (χ0v) is 87.9. The van der Waals surface area contributed by atoms with Crippen molar-refractivity contribution in [1.29, 1.82) is 0 Å². The molecule has 0 radical (unpaired) electrons. The number of hydrogen-bond donors (Lipinski definition) is 2. The van der Waals surface area contributed by atoms with Gasteiger partial charge in [-0.25, -0.2) is 9.97 Å². The Kier molecular flexibility index (Phi) is 44.8. The number of rotatable bonds is 56. The number of nitrogens with zero attached hydrogens (tertiary/aromatic N) is 2. The lowest BCUT2D eigenvalue weighted by Gasteiger charge is -2.38. The lowest BCUT2D eigenvalue weighted by molar-refractivity contribution is 0.216. The van der Waals surface area contributed by atoms with E-state index in [1.165, 1.54) is 89.9 Å². The highest BCUT2D eigenvalue weighted by atomic mass is 28.3. The van der Waals surface area contributed by atoms with E-state index in [2.05, 4.69) is 313 Å². The second kappa shape index (κ2) is 53.0. The normalized spacial score (nSPS) is 14.1. The smallest absolute Gasteiger partial charge is 0.203 e. The Balaban J connectivity index is 1.68. The molecule has 5 heterocycles. The summed E-state index contributed by atoms with van der Waals surface area (Å²) in [5.74, 6) is 19.3. The Labute approximate surface area is 773 Å². The van der Waals surface area contributed by atoms with Crippen LogP contribution in [0.4, 0.5) is 0 Å². The Morgan fingerprint density at radius 3 is 0.698 bits per heavy atom. The summed E-state index contributed by atoms with van der Waals surface area (Å²) in [6.45, 7) is 74.5. The maximum absolute atomic E-state index is 7.30. The third-order valence-electron chi connectivity index (χ3n) is 28.0. The molecule has 0 saturated heterocycles. The van der Waals surface area contributed by atoms with Gasteiger partial charge in [-0.1, -0.05) is 335 Å². The van der Waals surface area contributed by atoms with E-state index in [1.807, 2.05) is 0 Å². The molecular weight excluding hydrogens is 1580 g/mol. The lowest BCUT2D eigenvalue weighted by atomic mass is 9.97. The molecule has 12 heteroatoms. The summed E-state index contributed by atoms with van der Waals surface area (Å²) in [5, 5.41) is 0. The largest absolute Gasteiger partial charge is 0.490 e. The highest BCUT2D eigenvalue weighted by Gasteiger charge is 2.43. The van der Waals surface area contributed by atoms with E-state index in [0.717, 1.165) is 142 Å². The molecule has 126 heavy (non-hydrogen) atoms. The number of fused-ring (bicyclic) bond motifs is 8. The molecule has 6 atom stereocenters. The molecule has 3 aromatic heterocycles. The van der Waals surface area contributed by atoms with Crippen molar-refractivity contribution in [1.82, 2.24) is 19.9 Å². The van der Waals surface area contributed by atoms with Crippen molar-refractivity contribution in [3.8, 4) is 79.7 Å². The molecule has 7 rings (SSSR count). The summed E-state index contributed by atoms with van der Waals surface area (Å²) in [7, 11) is -4.74. The van der Waals surface area contributed by atoms with Crippen LogP contribution >= 0.6 is 0 Å². The zero-order chi connectivity index (χ0) is 92.5. The molecule has 2 aromatic carbocycles. The molecule has 10 nitrogen and oxygen atoms in total. The van der Waals surface area contributed by atoms with Crippen molar-refractivity contribution in [3.63, 3.8) is 0 Å². The van der Waals surface area contributed by atoms with Crippen LogP contribution in [0.25, 0.3) is 68.6 Å². The van der Waals surface area contributed by atoms with Gasteiger partial charge in [0.2, 0.25) is 11.5 Å². The van der Waals surface area contributed by atoms with Crippen LogP contribution in [0.2, 0.25) is 33.2 Å². The third kappa shape index (κ3) is 32.4.